The van der Waals surface area contributed by atoms with Crippen LogP contribution in [0, 0.1) is 0 Å². The molecule has 2 heterocycles. The van der Waals surface area contributed by atoms with E-state index in [-0.39, 0.29) is 6.04 Å². The van der Waals surface area contributed by atoms with E-state index < -0.39 is 5.25 Å². The Morgan fingerprint density at radius 3 is 2.62 bits per heavy atom. The van der Waals surface area contributed by atoms with Gasteiger partial charge >= 0.3 is 0 Å². The average Bonchev–Trinajstić information content (AvgIpc) is 2.89. The zero-order valence-corrected chi connectivity index (χ0v) is 15.3. The third-order valence-corrected chi connectivity index (χ3v) is 5.54. The third kappa shape index (κ3) is 3.96. The van der Waals surface area contributed by atoms with E-state index in [0.29, 0.717) is 27.5 Å². The van der Waals surface area contributed by atoms with Gasteiger partial charge < -0.3 is 5.32 Å². The molecule has 24 heavy (non-hydrogen) atoms. The molecular weight excluding hydrogens is 372 g/mol. The summed E-state index contributed by atoms with van der Waals surface area (Å²) in [5, 5.41) is 3.77. The van der Waals surface area contributed by atoms with Gasteiger partial charge in [0.25, 0.3) is 5.25 Å². The Morgan fingerprint density at radius 1 is 1.25 bits per heavy atom. The lowest BCUT2D eigenvalue weighted by Crippen LogP contribution is -2.08. The zero-order chi connectivity index (χ0) is 17.3. The molecule has 0 aliphatic carbocycles. The van der Waals surface area contributed by atoms with E-state index in [0.717, 1.165) is 22.7 Å². The van der Waals surface area contributed by atoms with Crippen molar-refractivity contribution in [3.63, 3.8) is 0 Å². The van der Waals surface area contributed by atoms with Crippen molar-refractivity contribution in [1.82, 2.24) is 9.97 Å². The second-order valence-corrected chi connectivity index (χ2v) is 7.99. The van der Waals surface area contributed by atoms with Crippen LogP contribution in [0.1, 0.15) is 25.5 Å². The molecular formula is C16H14ClF2N3S2. The first kappa shape index (κ1) is 17.4. The lowest BCUT2D eigenvalue weighted by Gasteiger charge is -2.16. The van der Waals surface area contributed by atoms with Crippen molar-refractivity contribution in [3.8, 4) is 0 Å². The molecule has 0 amide bonds. The number of thioether (sulfide) groups is 1. The summed E-state index contributed by atoms with van der Waals surface area (Å²) >= 11 is 8.21. The molecule has 0 saturated heterocycles. The van der Waals surface area contributed by atoms with Crippen LogP contribution in [0.5, 0.6) is 0 Å². The largest absolute Gasteiger partial charge is 0.363 e. The topological polar surface area (TPSA) is 37.8 Å². The van der Waals surface area contributed by atoms with Gasteiger partial charge in [0, 0.05) is 23.2 Å². The lowest BCUT2D eigenvalue weighted by molar-refractivity contribution is 0.129. The maximum atomic E-state index is 13.0. The monoisotopic (exact) mass is 385 g/mol. The van der Waals surface area contributed by atoms with Gasteiger partial charge in [-0.25, -0.2) is 9.97 Å². The minimum absolute atomic E-state index is 0.0553. The molecule has 3 rings (SSSR count). The fourth-order valence-electron chi connectivity index (χ4n) is 2.27. The third-order valence-electron chi connectivity index (χ3n) is 3.36. The predicted octanol–water partition coefficient (Wildman–Crippen LogP) is 6.22. The van der Waals surface area contributed by atoms with E-state index in [9.17, 15) is 8.78 Å². The Hall–Kier alpha value is -1.44. The van der Waals surface area contributed by atoms with Crippen LogP contribution in [-0.4, -0.2) is 15.2 Å². The highest BCUT2D eigenvalue weighted by Gasteiger charge is 2.22. The smallest absolute Gasteiger partial charge is 0.295 e. The van der Waals surface area contributed by atoms with Crippen LogP contribution >= 0.6 is 34.7 Å². The molecule has 1 aromatic carbocycles. The lowest BCUT2D eigenvalue weighted by atomic mass is 10.1. The molecule has 8 heteroatoms. The zero-order valence-electron chi connectivity index (χ0n) is 12.9. The normalized spacial score (nSPS) is 13.2. The van der Waals surface area contributed by atoms with Gasteiger partial charge in [-0.3, -0.25) is 0 Å². The van der Waals surface area contributed by atoms with Crippen molar-refractivity contribution in [2.75, 3.05) is 5.32 Å². The fraction of sp³-hybridized carbons (Fsp3) is 0.250. The van der Waals surface area contributed by atoms with Crippen LogP contribution in [0.15, 0.2) is 40.9 Å². The van der Waals surface area contributed by atoms with Crippen LogP contribution in [-0.2, 0) is 0 Å². The van der Waals surface area contributed by atoms with Gasteiger partial charge in [-0.2, -0.15) is 8.78 Å². The van der Waals surface area contributed by atoms with Crippen molar-refractivity contribution in [3.05, 3.63) is 46.6 Å². The summed E-state index contributed by atoms with van der Waals surface area (Å²) in [4.78, 5) is 9.82. The number of fused-ring (bicyclic) bond motifs is 1. The summed E-state index contributed by atoms with van der Waals surface area (Å²) in [6.07, 6.45) is 1.49. The number of aromatic nitrogens is 2. The molecule has 1 N–H and O–H groups in total. The number of hydrogen-bond donors (Lipinski definition) is 1. The van der Waals surface area contributed by atoms with E-state index in [1.165, 1.54) is 17.7 Å². The number of nitrogens with zero attached hydrogens (tertiary/aromatic N) is 2. The van der Waals surface area contributed by atoms with Crippen LogP contribution in [0.4, 0.5) is 14.6 Å². The van der Waals surface area contributed by atoms with Gasteiger partial charge in [-0.05, 0) is 24.6 Å². The first-order valence-corrected chi connectivity index (χ1v) is 9.22. The van der Waals surface area contributed by atoms with Crippen LogP contribution in [0.3, 0.4) is 0 Å². The Kier molecular flexibility index (Phi) is 4.94. The summed E-state index contributed by atoms with van der Waals surface area (Å²) in [6.45, 7) is 2.87. The van der Waals surface area contributed by atoms with Gasteiger partial charge in [0.1, 0.15) is 17.0 Å². The van der Waals surface area contributed by atoms with Gasteiger partial charge in [0.2, 0.25) is 0 Å². The van der Waals surface area contributed by atoms with Crippen molar-refractivity contribution in [2.45, 2.75) is 30.0 Å². The standard InChI is InChI=1S/C16H14ClF2N3S2/c1-9(10-3-5-11(6-4-10)24-16(2,18)19)22-14-13-12(17)7-23-15(13)21-8-20-14/h3-9H,1-2H3,(H,20,21,22). The number of rotatable bonds is 5. The Balaban J connectivity index is 1.79. The molecule has 0 fully saturated rings. The Morgan fingerprint density at radius 2 is 1.96 bits per heavy atom. The van der Waals surface area contributed by atoms with E-state index in [1.807, 2.05) is 24.4 Å². The second-order valence-electron chi connectivity index (χ2n) is 5.33. The summed E-state index contributed by atoms with van der Waals surface area (Å²) in [5.74, 6) is 0.664. The molecule has 0 aliphatic rings. The average molecular weight is 386 g/mol. The number of thiophene rings is 1. The molecule has 0 spiro atoms. The van der Waals surface area contributed by atoms with E-state index in [1.54, 1.807) is 12.1 Å². The molecule has 1 atom stereocenters. The molecule has 0 radical (unpaired) electrons. The highest BCUT2D eigenvalue weighted by molar-refractivity contribution is 8.00. The first-order chi connectivity index (χ1) is 11.3. The van der Waals surface area contributed by atoms with Crippen LogP contribution < -0.4 is 5.32 Å². The quantitative estimate of drug-likeness (QED) is 0.529. The highest BCUT2D eigenvalue weighted by atomic mass is 35.5. The number of benzene rings is 1. The van der Waals surface area contributed by atoms with Crippen molar-refractivity contribution >= 4 is 50.7 Å². The summed E-state index contributed by atoms with van der Waals surface area (Å²) in [7, 11) is 0. The number of anilines is 1. The SMILES string of the molecule is CC(Nc1ncnc2scc(Cl)c12)c1ccc(SC(C)(F)F)cc1. The number of halogens is 3. The maximum Gasteiger partial charge on any atom is 0.295 e. The van der Waals surface area contributed by atoms with E-state index in [4.69, 9.17) is 11.6 Å². The molecule has 0 aliphatic heterocycles. The van der Waals surface area contributed by atoms with E-state index in [2.05, 4.69) is 15.3 Å². The highest BCUT2D eigenvalue weighted by Crippen LogP contribution is 2.36. The summed E-state index contributed by atoms with van der Waals surface area (Å²) in [6, 6.07) is 7.00. The maximum absolute atomic E-state index is 13.0. The molecule has 0 bridgehead atoms. The summed E-state index contributed by atoms with van der Waals surface area (Å²) in [5.41, 5.74) is 0.969. The van der Waals surface area contributed by atoms with Crippen molar-refractivity contribution < 1.29 is 8.78 Å². The molecule has 3 aromatic rings. The van der Waals surface area contributed by atoms with Crippen LogP contribution in [0.2, 0.25) is 5.02 Å². The molecule has 0 saturated carbocycles. The second kappa shape index (κ2) is 6.82. The van der Waals surface area contributed by atoms with Gasteiger partial charge in [-0.15, -0.1) is 11.3 Å². The molecule has 3 nitrogen and oxygen atoms in total. The van der Waals surface area contributed by atoms with Gasteiger partial charge in [0.05, 0.1) is 10.4 Å². The summed E-state index contributed by atoms with van der Waals surface area (Å²) < 4.78 is 26.1. The number of hydrogen-bond acceptors (Lipinski definition) is 5. The fourth-order valence-corrected chi connectivity index (χ4v) is 4.09. The minimum Gasteiger partial charge on any atom is -0.363 e. The van der Waals surface area contributed by atoms with Gasteiger partial charge in [-0.1, -0.05) is 35.5 Å². The minimum atomic E-state index is -2.78. The Bertz CT molecular complexity index is 847. The predicted molar refractivity (Wildman–Crippen MR) is 97.4 cm³/mol. The van der Waals surface area contributed by atoms with Gasteiger partial charge in [0.15, 0.2) is 0 Å². The molecule has 1 unspecified atom stereocenters. The van der Waals surface area contributed by atoms with E-state index >= 15 is 0 Å². The first-order valence-electron chi connectivity index (χ1n) is 7.14. The number of nitrogens with one attached hydrogen (secondary N) is 1. The molecule has 2 aromatic heterocycles. The Labute approximate surface area is 151 Å². The van der Waals surface area contributed by atoms with Crippen LogP contribution in [0.25, 0.3) is 10.2 Å². The van der Waals surface area contributed by atoms with Crippen molar-refractivity contribution in [2.24, 2.45) is 0 Å². The van der Waals surface area contributed by atoms with Crippen molar-refractivity contribution in [1.29, 1.82) is 0 Å². The number of alkyl halides is 2. The molecule has 126 valence electrons.